The molecule has 98 valence electrons. The van der Waals surface area contributed by atoms with Crippen molar-refractivity contribution >= 4 is 5.91 Å². The van der Waals surface area contributed by atoms with Gasteiger partial charge < -0.3 is 10.4 Å². The summed E-state index contributed by atoms with van der Waals surface area (Å²) in [5, 5.41) is 11.8. The van der Waals surface area contributed by atoms with E-state index < -0.39 is 0 Å². The Morgan fingerprint density at radius 2 is 1.63 bits per heavy atom. The third kappa shape index (κ3) is 3.93. The van der Waals surface area contributed by atoms with Gasteiger partial charge in [-0.1, -0.05) is 42.5 Å². The zero-order valence-electron chi connectivity index (χ0n) is 10.7. The molecule has 1 amide bonds. The van der Waals surface area contributed by atoms with Crippen molar-refractivity contribution in [2.75, 3.05) is 6.54 Å². The van der Waals surface area contributed by atoms with E-state index in [1.807, 2.05) is 30.3 Å². The molecule has 0 aliphatic rings. The summed E-state index contributed by atoms with van der Waals surface area (Å²) in [7, 11) is 0. The molecule has 19 heavy (non-hydrogen) atoms. The smallest absolute Gasteiger partial charge is 0.251 e. The summed E-state index contributed by atoms with van der Waals surface area (Å²) in [4.78, 5) is 11.9. The van der Waals surface area contributed by atoms with Gasteiger partial charge in [-0.05, 0) is 29.7 Å². The van der Waals surface area contributed by atoms with Crippen LogP contribution in [-0.4, -0.2) is 17.6 Å². The molecule has 0 aliphatic heterocycles. The second-order valence-corrected chi connectivity index (χ2v) is 4.35. The van der Waals surface area contributed by atoms with E-state index in [1.54, 1.807) is 24.3 Å². The molecule has 3 heteroatoms. The molecule has 0 unspecified atom stereocenters. The van der Waals surface area contributed by atoms with Gasteiger partial charge in [0.05, 0.1) is 6.61 Å². The van der Waals surface area contributed by atoms with Gasteiger partial charge in [-0.3, -0.25) is 4.79 Å². The van der Waals surface area contributed by atoms with Gasteiger partial charge in [0.1, 0.15) is 0 Å². The number of hydrogen-bond acceptors (Lipinski definition) is 2. The van der Waals surface area contributed by atoms with E-state index in [4.69, 9.17) is 5.11 Å². The molecule has 0 bridgehead atoms. The zero-order chi connectivity index (χ0) is 13.5. The van der Waals surface area contributed by atoms with Gasteiger partial charge in [0.25, 0.3) is 5.91 Å². The SMILES string of the molecule is O=C(NCCc1ccccc1)c1ccc(CO)cc1. The Labute approximate surface area is 112 Å². The molecule has 0 saturated carbocycles. The normalized spacial score (nSPS) is 10.2. The van der Waals surface area contributed by atoms with Crippen LogP contribution in [-0.2, 0) is 13.0 Å². The highest BCUT2D eigenvalue weighted by molar-refractivity contribution is 5.94. The first kappa shape index (κ1) is 13.3. The van der Waals surface area contributed by atoms with Gasteiger partial charge in [-0.2, -0.15) is 0 Å². The van der Waals surface area contributed by atoms with Crippen molar-refractivity contribution in [3.8, 4) is 0 Å². The van der Waals surface area contributed by atoms with Crippen molar-refractivity contribution < 1.29 is 9.90 Å². The summed E-state index contributed by atoms with van der Waals surface area (Å²) in [6.07, 6.45) is 0.821. The summed E-state index contributed by atoms with van der Waals surface area (Å²) in [5.41, 5.74) is 2.63. The van der Waals surface area contributed by atoms with Crippen LogP contribution in [0.15, 0.2) is 54.6 Å². The van der Waals surface area contributed by atoms with Crippen LogP contribution >= 0.6 is 0 Å². The topological polar surface area (TPSA) is 49.3 Å². The maximum absolute atomic E-state index is 11.9. The zero-order valence-corrected chi connectivity index (χ0v) is 10.7. The lowest BCUT2D eigenvalue weighted by Crippen LogP contribution is -2.25. The van der Waals surface area contributed by atoms with Gasteiger partial charge in [0.15, 0.2) is 0 Å². The van der Waals surface area contributed by atoms with Gasteiger partial charge in [-0.25, -0.2) is 0 Å². The number of amides is 1. The van der Waals surface area contributed by atoms with Crippen LogP contribution in [0.4, 0.5) is 0 Å². The summed E-state index contributed by atoms with van der Waals surface area (Å²) in [6.45, 7) is 0.612. The van der Waals surface area contributed by atoms with Crippen LogP contribution in [0.5, 0.6) is 0 Å². The van der Waals surface area contributed by atoms with Crippen molar-refractivity contribution in [3.05, 3.63) is 71.3 Å². The molecule has 0 aromatic heterocycles. The molecular formula is C16H17NO2. The molecule has 0 saturated heterocycles. The predicted molar refractivity (Wildman–Crippen MR) is 74.8 cm³/mol. The molecule has 0 atom stereocenters. The first-order valence-corrected chi connectivity index (χ1v) is 6.31. The van der Waals surface area contributed by atoms with Crippen LogP contribution in [0.2, 0.25) is 0 Å². The second kappa shape index (κ2) is 6.71. The van der Waals surface area contributed by atoms with Crippen molar-refractivity contribution in [3.63, 3.8) is 0 Å². The number of aliphatic hydroxyl groups is 1. The lowest BCUT2D eigenvalue weighted by molar-refractivity contribution is 0.0954. The molecule has 2 N–H and O–H groups in total. The lowest BCUT2D eigenvalue weighted by Gasteiger charge is -2.06. The second-order valence-electron chi connectivity index (χ2n) is 4.35. The molecule has 0 aliphatic carbocycles. The third-order valence-electron chi connectivity index (χ3n) is 2.94. The number of carbonyl (C=O) groups excluding carboxylic acids is 1. The van der Waals surface area contributed by atoms with Gasteiger partial charge in [0.2, 0.25) is 0 Å². The van der Waals surface area contributed by atoms with E-state index in [1.165, 1.54) is 5.56 Å². The molecule has 3 nitrogen and oxygen atoms in total. The fraction of sp³-hybridized carbons (Fsp3) is 0.188. The Kier molecular flexibility index (Phi) is 4.70. The maximum atomic E-state index is 11.9. The minimum atomic E-state index is -0.0829. The third-order valence-corrected chi connectivity index (χ3v) is 2.94. The van der Waals surface area contributed by atoms with E-state index >= 15 is 0 Å². The molecular weight excluding hydrogens is 238 g/mol. The average molecular weight is 255 g/mol. The lowest BCUT2D eigenvalue weighted by atomic mass is 10.1. The maximum Gasteiger partial charge on any atom is 0.251 e. The van der Waals surface area contributed by atoms with E-state index in [-0.39, 0.29) is 12.5 Å². The van der Waals surface area contributed by atoms with Gasteiger partial charge >= 0.3 is 0 Å². The molecule has 2 aromatic carbocycles. The standard InChI is InChI=1S/C16H17NO2/c18-12-14-6-8-15(9-7-14)16(19)17-11-10-13-4-2-1-3-5-13/h1-9,18H,10-12H2,(H,17,19). The van der Waals surface area contributed by atoms with Crippen LogP contribution in [0, 0.1) is 0 Å². The Morgan fingerprint density at radius 1 is 0.947 bits per heavy atom. The van der Waals surface area contributed by atoms with Crippen molar-refractivity contribution in [1.82, 2.24) is 5.32 Å². The number of aliphatic hydroxyl groups excluding tert-OH is 1. The largest absolute Gasteiger partial charge is 0.392 e. The van der Waals surface area contributed by atoms with Crippen LogP contribution in [0.3, 0.4) is 0 Å². The molecule has 0 radical (unpaired) electrons. The molecule has 2 rings (SSSR count). The molecule has 2 aromatic rings. The van der Waals surface area contributed by atoms with Crippen molar-refractivity contribution in [2.24, 2.45) is 0 Å². The van der Waals surface area contributed by atoms with Crippen LogP contribution in [0.25, 0.3) is 0 Å². The monoisotopic (exact) mass is 255 g/mol. The number of benzene rings is 2. The quantitative estimate of drug-likeness (QED) is 0.860. The highest BCUT2D eigenvalue weighted by atomic mass is 16.3. The fourth-order valence-electron chi connectivity index (χ4n) is 1.83. The van der Waals surface area contributed by atoms with Gasteiger partial charge in [-0.15, -0.1) is 0 Å². The Hall–Kier alpha value is -2.13. The Morgan fingerprint density at radius 3 is 2.26 bits per heavy atom. The van der Waals surface area contributed by atoms with Crippen LogP contribution in [0.1, 0.15) is 21.5 Å². The molecule has 0 fully saturated rings. The molecule has 0 heterocycles. The summed E-state index contributed by atoms with van der Waals surface area (Å²) in [6, 6.07) is 17.0. The highest BCUT2D eigenvalue weighted by Crippen LogP contribution is 2.04. The van der Waals surface area contributed by atoms with Crippen molar-refractivity contribution in [2.45, 2.75) is 13.0 Å². The first-order chi connectivity index (χ1) is 9.29. The number of carbonyl (C=O) groups is 1. The number of nitrogens with one attached hydrogen (secondary N) is 1. The van der Waals surface area contributed by atoms with Gasteiger partial charge in [0, 0.05) is 12.1 Å². The minimum Gasteiger partial charge on any atom is -0.392 e. The summed E-state index contributed by atoms with van der Waals surface area (Å²) in [5.74, 6) is -0.0829. The van der Waals surface area contributed by atoms with E-state index in [0.29, 0.717) is 12.1 Å². The highest BCUT2D eigenvalue weighted by Gasteiger charge is 2.04. The summed E-state index contributed by atoms with van der Waals surface area (Å²) < 4.78 is 0. The average Bonchev–Trinajstić information content (AvgIpc) is 2.48. The van der Waals surface area contributed by atoms with Crippen molar-refractivity contribution in [1.29, 1.82) is 0 Å². The first-order valence-electron chi connectivity index (χ1n) is 6.31. The Balaban J connectivity index is 1.84. The minimum absolute atomic E-state index is 0.00406. The summed E-state index contributed by atoms with van der Waals surface area (Å²) >= 11 is 0. The van der Waals surface area contributed by atoms with Crippen LogP contribution < -0.4 is 5.32 Å². The van der Waals surface area contributed by atoms with E-state index in [0.717, 1.165) is 12.0 Å². The van der Waals surface area contributed by atoms with E-state index in [2.05, 4.69) is 5.32 Å². The predicted octanol–water partition coefficient (Wildman–Crippen LogP) is 2.15. The number of hydrogen-bond donors (Lipinski definition) is 2. The fourth-order valence-corrected chi connectivity index (χ4v) is 1.83. The number of rotatable bonds is 5. The Bertz CT molecular complexity index is 520. The van der Waals surface area contributed by atoms with E-state index in [9.17, 15) is 4.79 Å². The molecule has 0 spiro atoms.